The lowest BCUT2D eigenvalue weighted by molar-refractivity contribution is -0.156. The third-order valence-electron chi connectivity index (χ3n) is 2.84. The molecule has 2 atom stereocenters. The van der Waals surface area contributed by atoms with Crippen LogP contribution in [0.1, 0.15) is 46.5 Å². The van der Waals surface area contributed by atoms with Crippen molar-refractivity contribution < 1.29 is 24.2 Å². The third kappa shape index (κ3) is 5.49. The molecule has 1 saturated heterocycles. The summed E-state index contributed by atoms with van der Waals surface area (Å²) in [4.78, 5) is 22.4. The van der Waals surface area contributed by atoms with Crippen molar-refractivity contribution in [3.05, 3.63) is 0 Å². The highest BCUT2D eigenvalue weighted by atomic mass is 16.6. The quantitative estimate of drug-likeness (QED) is 0.781. The average Bonchev–Trinajstić information content (AvgIpc) is 2.24. The van der Waals surface area contributed by atoms with Gasteiger partial charge in [-0.05, 0) is 46.0 Å². The minimum atomic E-state index is -0.919. The van der Waals surface area contributed by atoms with Crippen LogP contribution in [0.25, 0.3) is 0 Å². The zero-order valence-electron chi connectivity index (χ0n) is 11.3. The molecule has 5 nitrogen and oxygen atoms in total. The number of hydrogen-bond donors (Lipinski definition) is 1. The first-order valence-corrected chi connectivity index (χ1v) is 6.34. The Morgan fingerprint density at radius 3 is 2.61 bits per heavy atom. The molecule has 1 aliphatic heterocycles. The van der Waals surface area contributed by atoms with Gasteiger partial charge in [0.1, 0.15) is 5.60 Å². The van der Waals surface area contributed by atoms with Crippen LogP contribution in [0.4, 0.5) is 0 Å². The molecule has 1 N–H and O–H groups in total. The predicted molar refractivity (Wildman–Crippen MR) is 65.2 cm³/mol. The normalized spacial score (nSPS) is 24.6. The molecule has 18 heavy (non-hydrogen) atoms. The number of esters is 1. The van der Waals surface area contributed by atoms with Gasteiger partial charge in [-0.15, -0.1) is 0 Å². The number of rotatable bonds is 4. The lowest BCUT2D eigenvalue weighted by Gasteiger charge is -2.27. The van der Waals surface area contributed by atoms with Crippen molar-refractivity contribution in [1.82, 2.24) is 0 Å². The Morgan fingerprint density at radius 2 is 2.06 bits per heavy atom. The molecule has 0 aromatic rings. The summed E-state index contributed by atoms with van der Waals surface area (Å²) in [6.07, 6.45) is 1.59. The monoisotopic (exact) mass is 258 g/mol. The van der Waals surface area contributed by atoms with Crippen LogP contribution in [-0.2, 0) is 19.1 Å². The van der Waals surface area contributed by atoms with E-state index in [1.165, 1.54) is 0 Å². The Hall–Kier alpha value is -1.10. The second kappa shape index (κ2) is 6.18. The van der Waals surface area contributed by atoms with E-state index in [4.69, 9.17) is 14.6 Å². The summed E-state index contributed by atoms with van der Waals surface area (Å²) < 4.78 is 10.4. The lowest BCUT2D eigenvalue weighted by Crippen LogP contribution is -2.32. The summed E-state index contributed by atoms with van der Waals surface area (Å²) in [5.74, 6) is -0.912. The first kappa shape index (κ1) is 15.0. The Balaban J connectivity index is 2.31. The van der Waals surface area contributed by atoms with Crippen LogP contribution in [0.3, 0.4) is 0 Å². The first-order chi connectivity index (χ1) is 8.28. The smallest absolute Gasteiger partial charge is 0.332 e. The van der Waals surface area contributed by atoms with Crippen LogP contribution >= 0.6 is 0 Å². The largest absolute Gasteiger partial charge is 0.479 e. The molecule has 104 valence electrons. The summed E-state index contributed by atoms with van der Waals surface area (Å²) in [6, 6.07) is 0. The van der Waals surface area contributed by atoms with Gasteiger partial charge >= 0.3 is 11.9 Å². The van der Waals surface area contributed by atoms with Crippen molar-refractivity contribution in [3.63, 3.8) is 0 Å². The van der Waals surface area contributed by atoms with Gasteiger partial charge in [0.15, 0.2) is 6.10 Å². The molecular weight excluding hydrogens is 236 g/mol. The molecule has 0 aromatic carbocycles. The molecule has 0 bridgehead atoms. The van der Waals surface area contributed by atoms with Crippen molar-refractivity contribution in [2.24, 2.45) is 5.92 Å². The fourth-order valence-electron chi connectivity index (χ4n) is 2.01. The first-order valence-electron chi connectivity index (χ1n) is 6.34. The molecule has 0 spiro atoms. The molecule has 0 radical (unpaired) electrons. The predicted octanol–water partition coefficient (Wildman–Crippen LogP) is 1.99. The Morgan fingerprint density at radius 1 is 1.39 bits per heavy atom. The Bertz CT molecular complexity index is 305. The number of ether oxygens (including phenoxy) is 2. The van der Waals surface area contributed by atoms with Crippen molar-refractivity contribution in [3.8, 4) is 0 Å². The van der Waals surface area contributed by atoms with E-state index in [9.17, 15) is 9.59 Å². The SMILES string of the molecule is CC(C)(C)OC(=O)CCC1CCOC(C(=O)O)C1. The molecule has 1 aliphatic rings. The van der Waals surface area contributed by atoms with Crippen LogP contribution in [-0.4, -0.2) is 35.4 Å². The van der Waals surface area contributed by atoms with E-state index < -0.39 is 17.7 Å². The highest BCUT2D eigenvalue weighted by Gasteiger charge is 2.28. The van der Waals surface area contributed by atoms with Crippen molar-refractivity contribution >= 4 is 11.9 Å². The number of aliphatic carboxylic acids is 1. The number of carbonyl (C=O) groups is 2. The van der Waals surface area contributed by atoms with Gasteiger partial charge in [-0.1, -0.05) is 0 Å². The number of hydrogen-bond acceptors (Lipinski definition) is 4. The third-order valence-corrected chi connectivity index (χ3v) is 2.84. The van der Waals surface area contributed by atoms with Crippen LogP contribution in [0.15, 0.2) is 0 Å². The summed E-state index contributed by atoms with van der Waals surface area (Å²) >= 11 is 0. The minimum Gasteiger partial charge on any atom is -0.479 e. The highest BCUT2D eigenvalue weighted by molar-refractivity contribution is 5.72. The fraction of sp³-hybridized carbons (Fsp3) is 0.846. The minimum absolute atomic E-state index is 0.221. The van der Waals surface area contributed by atoms with Crippen molar-refractivity contribution in [1.29, 1.82) is 0 Å². The zero-order chi connectivity index (χ0) is 13.8. The number of carboxylic acid groups (broad SMARTS) is 1. The maximum absolute atomic E-state index is 11.5. The van der Waals surface area contributed by atoms with Crippen LogP contribution < -0.4 is 0 Å². The molecule has 0 saturated carbocycles. The maximum atomic E-state index is 11.5. The second-order valence-electron chi connectivity index (χ2n) is 5.71. The number of carbonyl (C=O) groups excluding carboxylic acids is 1. The van der Waals surface area contributed by atoms with Crippen LogP contribution in [0.2, 0.25) is 0 Å². The van der Waals surface area contributed by atoms with E-state index in [1.54, 1.807) is 0 Å². The molecule has 0 amide bonds. The molecule has 1 fully saturated rings. The standard InChI is InChI=1S/C13H22O5/c1-13(2,3)18-11(14)5-4-9-6-7-17-10(8-9)12(15)16/h9-10H,4-8H2,1-3H3,(H,15,16). The number of carboxylic acids is 1. The van der Waals surface area contributed by atoms with E-state index in [1.807, 2.05) is 20.8 Å². The average molecular weight is 258 g/mol. The van der Waals surface area contributed by atoms with Gasteiger partial charge in [0.25, 0.3) is 0 Å². The van der Waals surface area contributed by atoms with E-state index >= 15 is 0 Å². The van der Waals surface area contributed by atoms with Gasteiger partial charge < -0.3 is 14.6 Å². The molecule has 1 rings (SSSR count). The summed E-state index contributed by atoms with van der Waals surface area (Å²) in [5, 5.41) is 8.87. The van der Waals surface area contributed by atoms with E-state index in [2.05, 4.69) is 0 Å². The summed E-state index contributed by atoms with van der Waals surface area (Å²) in [5.41, 5.74) is -0.462. The molecule has 1 heterocycles. The Labute approximate surface area is 107 Å². The molecule has 5 heteroatoms. The van der Waals surface area contributed by atoms with Gasteiger partial charge in [0.2, 0.25) is 0 Å². The molecule has 2 unspecified atom stereocenters. The van der Waals surface area contributed by atoms with Crippen LogP contribution in [0.5, 0.6) is 0 Å². The summed E-state index contributed by atoms with van der Waals surface area (Å²) in [7, 11) is 0. The fourth-order valence-corrected chi connectivity index (χ4v) is 2.01. The topological polar surface area (TPSA) is 72.8 Å². The van der Waals surface area contributed by atoms with Gasteiger partial charge in [0, 0.05) is 13.0 Å². The Kier molecular flexibility index (Phi) is 5.14. The summed E-state index contributed by atoms with van der Waals surface area (Å²) in [6.45, 7) is 5.95. The second-order valence-corrected chi connectivity index (χ2v) is 5.71. The molecule has 0 aromatic heterocycles. The van der Waals surface area contributed by atoms with Gasteiger partial charge in [-0.25, -0.2) is 4.79 Å². The zero-order valence-corrected chi connectivity index (χ0v) is 11.3. The van der Waals surface area contributed by atoms with Gasteiger partial charge in [-0.3, -0.25) is 4.79 Å². The van der Waals surface area contributed by atoms with E-state index in [-0.39, 0.29) is 11.9 Å². The maximum Gasteiger partial charge on any atom is 0.332 e. The van der Waals surface area contributed by atoms with Gasteiger partial charge in [-0.2, -0.15) is 0 Å². The molecule has 0 aliphatic carbocycles. The van der Waals surface area contributed by atoms with Crippen molar-refractivity contribution in [2.45, 2.75) is 58.2 Å². The molecular formula is C13H22O5. The van der Waals surface area contributed by atoms with Gasteiger partial charge in [0.05, 0.1) is 0 Å². The van der Waals surface area contributed by atoms with Crippen LogP contribution in [0, 0.1) is 5.92 Å². The highest BCUT2D eigenvalue weighted by Crippen LogP contribution is 2.25. The van der Waals surface area contributed by atoms with E-state index in [0.717, 1.165) is 6.42 Å². The van der Waals surface area contributed by atoms with Crippen molar-refractivity contribution in [2.75, 3.05) is 6.61 Å². The lowest BCUT2D eigenvalue weighted by atomic mass is 9.91. The van der Waals surface area contributed by atoms with E-state index in [0.29, 0.717) is 25.9 Å².